The first kappa shape index (κ1) is 12.8. The van der Waals surface area contributed by atoms with E-state index < -0.39 is 0 Å². The summed E-state index contributed by atoms with van der Waals surface area (Å²) in [5, 5.41) is 8.50. The van der Waals surface area contributed by atoms with Crippen LogP contribution in [0.2, 0.25) is 5.02 Å². The second kappa shape index (κ2) is 5.84. The Balaban J connectivity index is 1.88. The van der Waals surface area contributed by atoms with E-state index in [9.17, 15) is 0 Å². The summed E-state index contributed by atoms with van der Waals surface area (Å²) in [4.78, 5) is 4.00. The minimum atomic E-state index is 0.500. The molecule has 0 aliphatic carbocycles. The van der Waals surface area contributed by atoms with E-state index in [4.69, 9.17) is 11.6 Å². The Hall–Kier alpha value is -1.20. The van der Waals surface area contributed by atoms with Crippen LogP contribution in [0.5, 0.6) is 0 Å². The van der Waals surface area contributed by atoms with Crippen LogP contribution in [0.3, 0.4) is 0 Å². The zero-order valence-electron chi connectivity index (χ0n) is 10.4. The van der Waals surface area contributed by atoms with Gasteiger partial charge < -0.3 is 5.32 Å². The highest BCUT2D eigenvalue weighted by molar-refractivity contribution is 7.99. The molecule has 1 atom stereocenters. The fraction of sp³-hybridized carbons (Fsp3) is 0.385. The van der Waals surface area contributed by atoms with E-state index in [1.54, 1.807) is 11.0 Å². The van der Waals surface area contributed by atoms with Gasteiger partial charge in [-0.1, -0.05) is 11.6 Å². The zero-order chi connectivity index (χ0) is 13.1. The first-order chi connectivity index (χ1) is 9.33. The molecule has 100 valence electrons. The average molecular weight is 295 g/mol. The van der Waals surface area contributed by atoms with Crippen molar-refractivity contribution in [1.82, 2.24) is 14.8 Å². The number of hydrogen-bond donors (Lipinski definition) is 1. The van der Waals surface area contributed by atoms with Crippen LogP contribution in [-0.2, 0) is 0 Å². The van der Waals surface area contributed by atoms with Gasteiger partial charge in [0.1, 0.15) is 12.7 Å². The molecule has 19 heavy (non-hydrogen) atoms. The smallest absolute Gasteiger partial charge is 0.138 e. The van der Waals surface area contributed by atoms with Gasteiger partial charge in [-0.25, -0.2) is 9.67 Å². The van der Waals surface area contributed by atoms with E-state index in [1.807, 2.05) is 30.0 Å². The Labute approximate surface area is 121 Å². The topological polar surface area (TPSA) is 42.7 Å². The number of nitrogens with zero attached hydrogens (tertiary/aromatic N) is 3. The maximum Gasteiger partial charge on any atom is 0.138 e. The van der Waals surface area contributed by atoms with Crippen LogP contribution in [0, 0.1) is 0 Å². The van der Waals surface area contributed by atoms with Gasteiger partial charge in [0.15, 0.2) is 0 Å². The largest absolute Gasteiger partial charge is 0.380 e. The zero-order valence-corrected chi connectivity index (χ0v) is 12.0. The Morgan fingerprint density at radius 1 is 1.42 bits per heavy atom. The number of rotatable bonds is 3. The summed E-state index contributed by atoms with van der Waals surface area (Å²) < 4.78 is 1.76. The highest BCUT2D eigenvalue weighted by atomic mass is 35.5. The van der Waals surface area contributed by atoms with Gasteiger partial charge in [0.25, 0.3) is 0 Å². The number of benzene rings is 1. The molecule has 0 bridgehead atoms. The van der Waals surface area contributed by atoms with Gasteiger partial charge in [-0.2, -0.15) is 16.9 Å². The van der Waals surface area contributed by atoms with Gasteiger partial charge in [-0.15, -0.1) is 0 Å². The third-order valence-corrected chi connectivity index (χ3v) is 4.59. The Kier molecular flexibility index (Phi) is 3.94. The number of thioether (sulfide) groups is 1. The third-order valence-electron chi connectivity index (χ3n) is 3.14. The number of anilines is 1. The monoisotopic (exact) mass is 294 g/mol. The molecule has 3 rings (SSSR count). The molecule has 1 unspecified atom stereocenters. The molecule has 0 amide bonds. The molecule has 2 heterocycles. The lowest BCUT2D eigenvalue weighted by molar-refractivity contribution is 0.684. The number of aromatic nitrogens is 3. The predicted octanol–water partition coefficient (Wildman–Crippen LogP) is 3.23. The summed E-state index contributed by atoms with van der Waals surface area (Å²) in [6, 6.07) is 6.30. The van der Waals surface area contributed by atoms with E-state index in [0.717, 1.165) is 22.2 Å². The normalized spacial score (nSPS) is 19.3. The van der Waals surface area contributed by atoms with E-state index in [2.05, 4.69) is 15.4 Å². The van der Waals surface area contributed by atoms with Crippen LogP contribution < -0.4 is 5.32 Å². The first-order valence-corrected chi connectivity index (χ1v) is 7.85. The maximum atomic E-state index is 6.11. The van der Waals surface area contributed by atoms with Crippen molar-refractivity contribution >= 4 is 29.1 Å². The summed E-state index contributed by atoms with van der Waals surface area (Å²) >= 11 is 8.10. The molecular formula is C13H15ClN4S. The SMILES string of the molecule is Clc1ccc(-n2cncn2)c(NC2CCCSC2)c1. The van der Waals surface area contributed by atoms with Crippen LogP contribution in [0.15, 0.2) is 30.9 Å². The molecule has 6 heteroatoms. The molecule has 1 aromatic carbocycles. The first-order valence-electron chi connectivity index (χ1n) is 6.32. The molecule has 1 aliphatic rings. The van der Waals surface area contributed by atoms with Crippen LogP contribution in [0.1, 0.15) is 12.8 Å². The summed E-state index contributed by atoms with van der Waals surface area (Å²) in [5.74, 6) is 2.41. The van der Waals surface area contributed by atoms with Crippen molar-refractivity contribution < 1.29 is 0 Å². The van der Waals surface area contributed by atoms with E-state index in [-0.39, 0.29) is 0 Å². The van der Waals surface area contributed by atoms with Crippen LogP contribution in [0.25, 0.3) is 5.69 Å². The van der Waals surface area contributed by atoms with Crippen molar-refractivity contribution in [3.63, 3.8) is 0 Å². The number of halogens is 1. The summed E-state index contributed by atoms with van der Waals surface area (Å²) in [5.41, 5.74) is 2.00. The highest BCUT2D eigenvalue weighted by Crippen LogP contribution is 2.27. The second-order valence-corrected chi connectivity index (χ2v) is 6.15. The maximum absolute atomic E-state index is 6.11. The lowest BCUT2D eigenvalue weighted by Gasteiger charge is -2.24. The molecule has 1 aromatic heterocycles. The van der Waals surface area contributed by atoms with Crippen molar-refractivity contribution in [3.05, 3.63) is 35.9 Å². The summed E-state index contributed by atoms with van der Waals surface area (Å²) in [7, 11) is 0. The molecule has 1 aliphatic heterocycles. The van der Waals surface area contributed by atoms with Gasteiger partial charge in [0, 0.05) is 16.8 Å². The van der Waals surface area contributed by atoms with Gasteiger partial charge in [0.05, 0.1) is 11.4 Å². The van der Waals surface area contributed by atoms with E-state index >= 15 is 0 Å². The molecular weight excluding hydrogens is 280 g/mol. The summed E-state index contributed by atoms with van der Waals surface area (Å²) in [6.45, 7) is 0. The summed E-state index contributed by atoms with van der Waals surface area (Å²) in [6.07, 6.45) is 5.71. The Morgan fingerprint density at radius 3 is 3.11 bits per heavy atom. The standard InChI is InChI=1S/C13H15ClN4S/c14-10-3-4-13(18-9-15-8-16-18)12(6-10)17-11-2-1-5-19-7-11/h3-4,6,8-9,11,17H,1-2,5,7H2. The van der Waals surface area contributed by atoms with Crippen molar-refractivity contribution in [2.45, 2.75) is 18.9 Å². The fourth-order valence-corrected chi connectivity index (χ4v) is 3.47. The third kappa shape index (κ3) is 3.04. The lowest BCUT2D eigenvalue weighted by Crippen LogP contribution is -2.26. The van der Waals surface area contributed by atoms with Crippen LogP contribution >= 0.6 is 23.4 Å². The molecule has 4 nitrogen and oxygen atoms in total. The van der Waals surface area contributed by atoms with Crippen molar-refractivity contribution in [1.29, 1.82) is 0 Å². The quantitative estimate of drug-likeness (QED) is 0.944. The minimum absolute atomic E-state index is 0.500. The van der Waals surface area contributed by atoms with E-state index in [0.29, 0.717) is 6.04 Å². The molecule has 1 N–H and O–H groups in total. The fourth-order valence-electron chi connectivity index (χ4n) is 2.23. The highest BCUT2D eigenvalue weighted by Gasteiger charge is 2.15. The molecule has 2 aromatic rings. The van der Waals surface area contributed by atoms with Crippen LogP contribution in [0.4, 0.5) is 5.69 Å². The molecule has 0 spiro atoms. The average Bonchev–Trinajstić information content (AvgIpc) is 2.94. The van der Waals surface area contributed by atoms with E-state index in [1.165, 1.54) is 24.9 Å². The molecule has 0 radical (unpaired) electrons. The van der Waals surface area contributed by atoms with Gasteiger partial charge >= 0.3 is 0 Å². The number of nitrogens with one attached hydrogen (secondary N) is 1. The van der Waals surface area contributed by atoms with Crippen LogP contribution in [-0.4, -0.2) is 32.3 Å². The van der Waals surface area contributed by atoms with Crippen molar-refractivity contribution in [2.24, 2.45) is 0 Å². The Bertz CT molecular complexity index is 538. The Morgan fingerprint density at radius 2 is 2.37 bits per heavy atom. The van der Waals surface area contributed by atoms with Crippen molar-refractivity contribution in [3.8, 4) is 5.69 Å². The van der Waals surface area contributed by atoms with Gasteiger partial charge in [-0.3, -0.25) is 0 Å². The van der Waals surface area contributed by atoms with Crippen molar-refractivity contribution in [2.75, 3.05) is 16.8 Å². The second-order valence-electron chi connectivity index (χ2n) is 4.56. The number of hydrogen-bond acceptors (Lipinski definition) is 4. The molecule has 1 fully saturated rings. The molecule has 0 saturated carbocycles. The predicted molar refractivity (Wildman–Crippen MR) is 80.3 cm³/mol. The van der Waals surface area contributed by atoms with Gasteiger partial charge in [0.2, 0.25) is 0 Å². The van der Waals surface area contributed by atoms with Gasteiger partial charge in [-0.05, 0) is 36.8 Å². The molecule has 1 saturated heterocycles. The minimum Gasteiger partial charge on any atom is -0.380 e. The lowest BCUT2D eigenvalue weighted by atomic mass is 10.1.